The molecule has 2 heterocycles. The van der Waals surface area contributed by atoms with E-state index in [0.29, 0.717) is 35.0 Å². The minimum Gasteiger partial charge on any atom is -0.497 e. The standard InChI is InChI=1S/C20H25N3O3/c1-26-16-5-6-17-18(11-16)21-13-23(20(17)25)12-14-7-9-22(10-8-14)19(24)15-3-2-4-15/h5-6,11,13-15H,2-4,7-10,12H2,1H3. The fourth-order valence-corrected chi connectivity index (χ4v) is 3.92. The molecule has 1 aliphatic heterocycles. The Morgan fingerprint density at radius 3 is 2.65 bits per heavy atom. The zero-order valence-corrected chi connectivity index (χ0v) is 15.2. The van der Waals surface area contributed by atoms with Crippen LogP contribution < -0.4 is 10.3 Å². The summed E-state index contributed by atoms with van der Waals surface area (Å²) < 4.78 is 6.90. The number of nitrogens with zero attached hydrogens (tertiary/aromatic N) is 3. The van der Waals surface area contributed by atoms with Gasteiger partial charge in [-0.05, 0) is 43.7 Å². The second kappa shape index (κ2) is 7.09. The van der Waals surface area contributed by atoms with Gasteiger partial charge >= 0.3 is 0 Å². The maximum absolute atomic E-state index is 12.7. The van der Waals surface area contributed by atoms with E-state index in [0.717, 1.165) is 38.8 Å². The molecule has 26 heavy (non-hydrogen) atoms. The number of hydrogen-bond donors (Lipinski definition) is 0. The van der Waals surface area contributed by atoms with E-state index in [-0.39, 0.29) is 11.5 Å². The van der Waals surface area contributed by atoms with Gasteiger partial charge in [-0.25, -0.2) is 4.98 Å². The Hall–Kier alpha value is -2.37. The van der Waals surface area contributed by atoms with Gasteiger partial charge in [-0.2, -0.15) is 0 Å². The lowest BCUT2D eigenvalue weighted by atomic mass is 9.83. The average molecular weight is 355 g/mol. The number of carbonyl (C=O) groups is 1. The molecule has 0 atom stereocenters. The summed E-state index contributed by atoms with van der Waals surface area (Å²) in [4.78, 5) is 31.5. The quantitative estimate of drug-likeness (QED) is 0.845. The first-order chi connectivity index (χ1) is 12.7. The molecule has 2 aliphatic rings. The van der Waals surface area contributed by atoms with Crippen LogP contribution in [0.3, 0.4) is 0 Å². The summed E-state index contributed by atoms with van der Waals surface area (Å²) in [5.74, 6) is 1.73. The summed E-state index contributed by atoms with van der Waals surface area (Å²) in [6.07, 6.45) is 6.84. The van der Waals surface area contributed by atoms with Crippen molar-refractivity contribution in [1.29, 1.82) is 0 Å². The molecule has 4 rings (SSSR count). The summed E-state index contributed by atoms with van der Waals surface area (Å²) in [7, 11) is 1.60. The Kier molecular flexibility index (Phi) is 4.66. The van der Waals surface area contributed by atoms with E-state index in [4.69, 9.17) is 4.74 Å². The monoisotopic (exact) mass is 355 g/mol. The topological polar surface area (TPSA) is 64.4 Å². The molecule has 0 bridgehead atoms. The Morgan fingerprint density at radius 1 is 1.23 bits per heavy atom. The van der Waals surface area contributed by atoms with Crippen LogP contribution in [-0.2, 0) is 11.3 Å². The van der Waals surface area contributed by atoms with Crippen molar-refractivity contribution in [3.63, 3.8) is 0 Å². The number of benzene rings is 1. The Balaban J connectivity index is 1.42. The number of likely N-dealkylation sites (tertiary alicyclic amines) is 1. The van der Waals surface area contributed by atoms with Gasteiger partial charge in [-0.3, -0.25) is 14.2 Å². The van der Waals surface area contributed by atoms with Crippen molar-refractivity contribution < 1.29 is 9.53 Å². The SMILES string of the molecule is COc1ccc2c(=O)n(CC3CCN(C(=O)C4CCC4)CC3)cnc2c1. The zero-order valence-electron chi connectivity index (χ0n) is 15.2. The van der Waals surface area contributed by atoms with E-state index in [9.17, 15) is 9.59 Å². The van der Waals surface area contributed by atoms with Crippen molar-refractivity contribution in [1.82, 2.24) is 14.5 Å². The summed E-state index contributed by atoms with van der Waals surface area (Å²) >= 11 is 0. The molecule has 6 nitrogen and oxygen atoms in total. The minimum absolute atomic E-state index is 0.00868. The number of hydrogen-bond acceptors (Lipinski definition) is 4. The molecule has 138 valence electrons. The number of amides is 1. The number of rotatable bonds is 4. The second-order valence-electron chi connectivity index (χ2n) is 7.48. The highest BCUT2D eigenvalue weighted by Gasteiger charge is 2.31. The smallest absolute Gasteiger partial charge is 0.261 e. The summed E-state index contributed by atoms with van der Waals surface area (Å²) in [6, 6.07) is 5.35. The lowest BCUT2D eigenvalue weighted by Crippen LogP contribution is -2.44. The molecular formula is C20H25N3O3. The first-order valence-corrected chi connectivity index (χ1v) is 9.47. The van der Waals surface area contributed by atoms with Crippen molar-refractivity contribution in [3.05, 3.63) is 34.9 Å². The number of methoxy groups -OCH3 is 1. The molecule has 0 unspecified atom stereocenters. The van der Waals surface area contributed by atoms with Crippen molar-refractivity contribution >= 4 is 16.8 Å². The van der Waals surface area contributed by atoms with Crippen molar-refractivity contribution in [3.8, 4) is 5.75 Å². The number of carbonyl (C=O) groups excluding carboxylic acids is 1. The fourth-order valence-electron chi connectivity index (χ4n) is 3.92. The Morgan fingerprint density at radius 2 is 2.00 bits per heavy atom. The fraction of sp³-hybridized carbons (Fsp3) is 0.550. The van der Waals surface area contributed by atoms with Gasteiger partial charge in [0.05, 0.1) is 24.3 Å². The molecule has 1 saturated carbocycles. The summed E-state index contributed by atoms with van der Waals surface area (Å²) in [5, 5.41) is 0.617. The van der Waals surface area contributed by atoms with Crippen LogP contribution in [0.25, 0.3) is 10.9 Å². The zero-order chi connectivity index (χ0) is 18.1. The first kappa shape index (κ1) is 17.1. The molecule has 6 heteroatoms. The van der Waals surface area contributed by atoms with E-state index >= 15 is 0 Å². The van der Waals surface area contributed by atoms with Gasteiger partial charge < -0.3 is 9.64 Å². The number of aromatic nitrogens is 2. The highest BCUT2D eigenvalue weighted by Crippen LogP contribution is 2.30. The Labute approximate surface area is 152 Å². The van der Waals surface area contributed by atoms with Crippen LogP contribution in [0.5, 0.6) is 5.75 Å². The molecule has 2 aromatic rings. The van der Waals surface area contributed by atoms with Gasteiger partial charge in [0.15, 0.2) is 0 Å². The van der Waals surface area contributed by atoms with Gasteiger partial charge in [0.2, 0.25) is 5.91 Å². The van der Waals surface area contributed by atoms with E-state index in [2.05, 4.69) is 4.98 Å². The average Bonchev–Trinajstić information content (AvgIpc) is 2.63. The molecule has 1 amide bonds. The molecule has 2 fully saturated rings. The van der Waals surface area contributed by atoms with E-state index in [1.165, 1.54) is 6.42 Å². The summed E-state index contributed by atoms with van der Waals surface area (Å²) in [5.41, 5.74) is 0.650. The highest BCUT2D eigenvalue weighted by molar-refractivity contribution is 5.80. The number of piperidine rings is 1. The first-order valence-electron chi connectivity index (χ1n) is 9.47. The summed E-state index contributed by atoms with van der Waals surface area (Å²) in [6.45, 7) is 2.29. The van der Waals surface area contributed by atoms with Crippen LogP contribution in [0, 0.1) is 11.8 Å². The molecule has 1 aliphatic carbocycles. The van der Waals surface area contributed by atoms with Gasteiger partial charge in [-0.15, -0.1) is 0 Å². The molecular weight excluding hydrogens is 330 g/mol. The largest absolute Gasteiger partial charge is 0.497 e. The molecule has 0 spiro atoms. The third-order valence-electron chi connectivity index (χ3n) is 5.87. The maximum atomic E-state index is 12.7. The highest BCUT2D eigenvalue weighted by atomic mass is 16.5. The lowest BCUT2D eigenvalue weighted by molar-refractivity contribution is -0.139. The van der Waals surface area contributed by atoms with Crippen LogP contribution in [0.2, 0.25) is 0 Å². The van der Waals surface area contributed by atoms with Gasteiger partial charge in [0, 0.05) is 31.6 Å². The predicted molar refractivity (Wildman–Crippen MR) is 99.2 cm³/mol. The molecule has 1 aromatic heterocycles. The van der Waals surface area contributed by atoms with Crippen molar-refractivity contribution in [2.75, 3.05) is 20.2 Å². The van der Waals surface area contributed by atoms with Gasteiger partial charge in [0.25, 0.3) is 5.56 Å². The van der Waals surface area contributed by atoms with Crippen molar-refractivity contribution in [2.24, 2.45) is 11.8 Å². The van der Waals surface area contributed by atoms with Crippen LogP contribution in [0.1, 0.15) is 32.1 Å². The third kappa shape index (κ3) is 3.20. The van der Waals surface area contributed by atoms with Gasteiger partial charge in [-0.1, -0.05) is 6.42 Å². The molecule has 1 aromatic carbocycles. The minimum atomic E-state index is -0.00868. The predicted octanol–water partition coefficient (Wildman–Crippen LogP) is 2.44. The molecule has 1 saturated heterocycles. The maximum Gasteiger partial charge on any atom is 0.261 e. The van der Waals surface area contributed by atoms with E-state index in [1.807, 2.05) is 4.90 Å². The number of ether oxygens (including phenoxy) is 1. The van der Waals surface area contributed by atoms with E-state index < -0.39 is 0 Å². The Bertz CT molecular complexity index is 864. The van der Waals surface area contributed by atoms with E-state index in [1.54, 1.807) is 36.2 Å². The third-order valence-corrected chi connectivity index (χ3v) is 5.87. The van der Waals surface area contributed by atoms with Crippen molar-refractivity contribution in [2.45, 2.75) is 38.6 Å². The van der Waals surface area contributed by atoms with Crippen LogP contribution in [0.15, 0.2) is 29.3 Å². The lowest BCUT2D eigenvalue weighted by Gasteiger charge is -2.36. The molecule has 0 N–H and O–H groups in total. The molecule has 0 radical (unpaired) electrons. The number of fused-ring (bicyclic) bond motifs is 1. The van der Waals surface area contributed by atoms with Crippen LogP contribution in [-0.4, -0.2) is 40.6 Å². The van der Waals surface area contributed by atoms with Gasteiger partial charge in [0.1, 0.15) is 5.75 Å². The normalized spacial score (nSPS) is 18.7. The second-order valence-corrected chi connectivity index (χ2v) is 7.48. The van der Waals surface area contributed by atoms with Crippen LogP contribution in [0.4, 0.5) is 0 Å². The van der Waals surface area contributed by atoms with Crippen LogP contribution >= 0.6 is 0 Å².